The Balaban J connectivity index is 1.26. The second-order valence-corrected chi connectivity index (χ2v) is 13.2. The van der Waals surface area contributed by atoms with Crippen molar-refractivity contribution >= 4 is 65.3 Å². The maximum absolute atomic E-state index is 6.83. The third-order valence-electron chi connectivity index (χ3n) is 10.2. The number of nitrogens with zero attached hydrogens (tertiary/aromatic N) is 4. The number of furan rings is 1. The third-order valence-corrected chi connectivity index (χ3v) is 10.2. The summed E-state index contributed by atoms with van der Waals surface area (Å²) in [6.07, 6.45) is 0. The van der Waals surface area contributed by atoms with Crippen molar-refractivity contribution in [3.8, 4) is 39.9 Å². The molecule has 0 aliphatic rings. The minimum absolute atomic E-state index is 0.612. The molecule has 8 aromatic carbocycles. The molecule has 0 N–H and O–H groups in total. The molecule has 52 heavy (non-hydrogen) atoms. The molecule has 0 unspecified atom stereocenters. The minimum atomic E-state index is 0.612. The van der Waals surface area contributed by atoms with Gasteiger partial charge in [0.05, 0.1) is 22.1 Å². The summed E-state index contributed by atoms with van der Waals surface area (Å²) in [6.45, 7) is 0. The molecule has 242 valence electrons. The Hall–Kier alpha value is -7.11. The van der Waals surface area contributed by atoms with Crippen molar-refractivity contribution in [1.29, 1.82) is 0 Å². The number of benzene rings is 8. The number of hydrogen-bond donors (Lipinski definition) is 0. The molecule has 0 aliphatic carbocycles. The molecule has 0 atom stereocenters. The summed E-state index contributed by atoms with van der Waals surface area (Å²) in [5, 5.41) is 8.92. The smallest absolute Gasteiger partial charge is 0.164 e. The summed E-state index contributed by atoms with van der Waals surface area (Å²) in [5.74, 6) is 1.87. The molecule has 11 aromatic rings. The van der Waals surface area contributed by atoms with Gasteiger partial charge in [-0.2, -0.15) is 0 Å². The second kappa shape index (κ2) is 11.2. The molecule has 0 bridgehead atoms. The highest BCUT2D eigenvalue weighted by Gasteiger charge is 2.22. The van der Waals surface area contributed by atoms with Crippen LogP contribution in [0.15, 0.2) is 174 Å². The monoisotopic (exact) mass is 664 g/mol. The molecule has 0 spiro atoms. The van der Waals surface area contributed by atoms with E-state index in [4.69, 9.17) is 19.4 Å². The number of fused-ring (bicyclic) bond motifs is 10. The van der Waals surface area contributed by atoms with E-state index in [-0.39, 0.29) is 0 Å². The predicted molar refractivity (Wildman–Crippen MR) is 213 cm³/mol. The van der Waals surface area contributed by atoms with Crippen molar-refractivity contribution in [1.82, 2.24) is 19.5 Å². The molecule has 5 nitrogen and oxygen atoms in total. The molecule has 0 amide bonds. The summed E-state index contributed by atoms with van der Waals surface area (Å²) >= 11 is 0. The average Bonchev–Trinajstić information content (AvgIpc) is 3.77. The summed E-state index contributed by atoms with van der Waals surface area (Å²) < 4.78 is 9.25. The van der Waals surface area contributed by atoms with Gasteiger partial charge >= 0.3 is 0 Å². The van der Waals surface area contributed by atoms with E-state index in [1.54, 1.807) is 0 Å². The number of hydrogen-bond acceptors (Lipinski definition) is 4. The van der Waals surface area contributed by atoms with Crippen molar-refractivity contribution in [3.63, 3.8) is 0 Å². The van der Waals surface area contributed by atoms with Crippen LogP contribution in [-0.2, 0) is 0 Å². The highest BCUT2D eigenvalue weighted by Crippen LogP contribution is 2.44. The van der Waals surface area contributed by atoms with Crippen molar-refractivity contribution in [3.05, 3.63) is 170 Å². The average molecular weight is 665 g/mol. The van der Waals surface area contributed by atoms with Crippen LogP contribution in [0.5, 0.6) is 0 Å². The van der Waals surface area contributed by atoms with Gasteiger partial charge in [-0.05, 0) is 35.0 Å². The van der Waals surface area contributed by atoms with Crippen LogP contribution in [0.3, 0.4) is 0 Å². The summed E-state index contributed by atoms with van der Waals surface area (Å²) in [4.78, 5) is 15.3. The van der Waals surface area contributed by atoms with E-state index in [0.29, 0.717) is 17.5 Å². The van der Waals surface area contributed by atoms with E-state index < -0.39 is 0 Å². The largest absolute Gasteiger partial charge is 0.455 e. The fraction of sp³-hybridized carbons (Fsp3) is 0. The summed E-state index contributed by atoms with van der Waals surface area (Å²) in [6, 6.07) is 59.0. The van der Waals surface area contributed by atoms with Gasteiger partial charge in [0.1, 0.15) is 11.2 Å². The molecule has 0 saturated carbocycles. The highest BCUT2D eigenvalue weighted by atomic mass is 16.3. The molecule has 3 aromatic heterocycles. The molecule has 5 heteroatoms. The fourth-order valence-electron chi connectivity index (χ4n) is 7.91. The molecule has 11 rings (SSSR count). The first-order valence-corrected chi connectivity index (χ1v) is 17.5. The Morgan fingerprint density at radius 3 is 1.79 bits per heavy atom. The van der Waals surface area contributed by atoms with Crippen LogP contribution >= 0.6 is 0 Å². The Kier molecular flexibility index (Phi) is 6.18. The van der Waals surface area contributed by atoms with Gasteiger partial charge in [-0.3, -0.25) is 0 Å². The maximum Gasteiger partial charge on any atom is 0.164 e. The van der Waals surface area contributed by atoms with Crippen LogP contribution in [-0.4, -0.2) is 19.5 Å². The Labute approximate surface area is 298 Å². The molecule has 0 aliphatic heterocycles. The Bertz CT molecular complexity index is 3120. The van der Waals surface area contributed by atoms with Gasteiger partial charge in [0.25, 0.3) is 0 Å². The maximum atomic E-state index is 6.83. The molecular formula is C47H28N4O. The van der Waals surface area contributed by atoms with Crippen molar-refractivity contribution < 1.29 is 4.42 Å². The minimum Gasteiger partial charge on any atom is -0.455 e. The predicted octanol–water partition coefficient (Wildman–Crippen LogP) is 12.2. The second-order valence-electron chi connectivity index (χ2n) is 13.2. The zero-order valence-electron chi connectivity index (χ0n) is 27.9. The van der Waals surface area contributed by atoms with E-state index >= 15 is 0 Å². The van der Waals surface area contributed by atoms with Gasteiger partial charge in [0, 0.05) is 43.6 Å². The summed E-state index contributed by atoms with van der Waals surface area (Å²) in [7, 11) is 0. The number of rotatable bonds is 4. The van der Waals surface area contributed by atoms with E-state index in [1.807, 2.05) is 60.7 Å². The first-order chi connectivity index (χ1) is 25.8. The van der Waals surface area contributed by atoms with Crippen LogP contribution < -0.4 is 0 Å². The fourth-order valence-corrected chi connectivity index (χ4v) is 7.91. The van der Waals surface area contributed by atoms with E-state index in [2.05, 4.69) is 114 Å². The lowest BCUT2D eigenvalue weighted by Crippen LogP contribution is -2.00. The SMILES string of the molecule is c1ccc(-c2nc(-c3ccccc3)nc(-c3cc4c(oc5cccc(-n6c7ccccc7c7ccc8ccccc8c76)c54)c4ccccc34)n2)cc1. The first-order valence-electron chi connectivity index (χ1n) is 17.5. The molecule has 0 fully saturated rings. The number of aromatic nitrogens is 4. The zero-order valence-corrected chi connectivity index (χ0v) is 27.9. The highest BCUT2D eigenvalue weighted by molar-refractivity contribution is 6.23. The number of para-hydroxylation sites is 1. The normalized spacial score (nSPS) is 11.8. The van der Waals surface area contributed by atoms with Gasteiger partial charge in [0.2, 0.25) is 0 Å². The van der Waals surface area contributed by atoms with Crippen LogP contribution in [0.25, 0.3) is 105 Å². The van der Waals surface area contributed by atoms with Crippen LogP contribution in [0.2, 0.25) is 0 Å². The summed E-state index contributed by atoms with van der Waals surface area (Å²) in [5.41, 5.74) is 7.84. The van der Waals surface area contributed by atoms with Gasteiger partial charge in [0.15, 0.2) is 17.5 Å². The molecular weight excluding hydrogens is 637 g/mol. The lowest BCUT2D eigenvalue weighted by Gasteiger charge is -2.12. The van der Waals surface area contributed by atoms with Crippen LogP contribution in [0, 0.1) is 0 Å². The quantitative estimate of drug-likeness (QED) is 0.188. The van der Waals surface area contributed by atoms with Crippen molar-refractivity contribution in [2.75, 3.05) is 0 Å². The molecule has 0 saturated heterocycles. The van der Waals surface area contributed by atoms with Crippen molar-refractivity contribution in [2.45, 2.75) is 0 Å². The van der Waals surface area contributed by atoms with Gasteiger partial charge in [-0.1, -0.05) is 146 Å². The topological polar surface area (TPSA) is 56.7 Å². The van der Waals surface area contributed by atoms with E-state index in [0.717, 1.165) is 60.6 Å². The standard InChI is InChI=1S/C47H28N4O/c1-3-15-30(16-4-1)45-48-46(31-17-5-2-6-18-31)50-47(49-45)37-28-38-42-40(24-13-25-41(42)52-44(38)36-22-10-9-20-33(36)37)51-39-23-12-11-21-34(39)35-27-26-29-14-7-8-19-32(29)43(35)51/h1-28H. The van der Waals surface area contributed by atoms with Crippen molar-refractivity contribution in [2.24, 2.45) is 0 Å². The third kappa shape index (κ3) is 4.26. The van der Waals surface area contributed by atoms with E-state index in [9.17, 15) is 0 Å². The Morgan fingerprint density at radius 2 is 1.04 bits per heavy atom. The Morgan fingerprint density at radius 1 is 0.423 bits per heavy atom. The first kappa shape index (κ1) is 28.7. The molecule has 3 heterocycles. The van der Waals surface area contributed by atoms with Gasteiger partial charge in [-0.15, -0.1) is 0 Å². The lowest BCUT2D eigenvalue weighted by atomic mass is 9.99. The zero-order chi connectivity index (χ0) is 34.2. The lowest BCUT2D eigenvalue weighted by molar-refractivity contribution is 0.672. The van der Waals surface area contributed by atoms with E-state index in [1.165, 1.54) is 27.1 Å². The van der Waals surface area contributed by atoms with Gasteiger partial charge < -0.3 is 8.98 Å². The van der Waals surface area contributed by atoms with Gasteiger partial charge in [-0.25, -0.2) is 15.0 Å². The van der Waals surface area contributed by atoms with Crippen LogP contribution in [0.4, 0.5) is 0 Å². The van der Waals surface area contributed by atoms with Crippen LogP contribution in [0.1, 0.15) is 0 Å². The molecule has 0 radical (unpaired) electrons.